The van der Waals surface area contributed by atoms with Gasteiger partial charge in [0, 0.05) is 18.7 Å². The molecule has 2 aromatic carbocycles. The third-order valence-corrected chi connectivity index (χ3v) is 3.63. The number of nitrogens with zero attached hydrogens (tertiary/aromatic N) is 2. The van der Waals surface area contributed by atoms with E-state index in [1.165, 1.54) is 5.56 Å². The molecule has 0 radical (unpaired) electrons. The highest BCUT2D eigenvalue weighted by molar-refractivity contribution is 5.53. The zero-order valence-electron chi connectivity index (χ0n) is 13.0. The molecule has 0 N–H and O–H groups in total. The van der Waals surface area contributed by atoms with Crippen molar-refractivity contribution in [2.75, 3.05) is 7.05 Å². The number of rotatable bonds is 5. The van der Waals surface area contributed by atoms with Crippen molar-refractivity contribution in [2.45, 2.75) is 20.0 Å². The third kappa shape index (κ3) is 3.43. The number of benzene rings is 2. The van der Waals surface area contributed by atoms with Gasteiger partial charge < -0.3 is 4.42 Å². The molecule has 3 rings (SSSR count). The lowest BCUT2D eigenvalue weighted by atomic mass is 10.2. The number of oxazole rings is 1. The van der Waals surface area contributed by atoms with E-state index in [1.807, 2.05) is 43.3 Å². The van der Waals surface area contributed by atoms with E-state index in [-0.39, 0.29) is 0 Å². The molecule has 1 aromatic heterocycles. The Kier molecular flexibility index (Phi) is 4.35. The Hall–Kier alpha value is -2.39. The summed E-state index contributed by atoms with van der Waals surface area (Å²) in [6.07, 6.45) is 0. The molecule has 0 fully saturated rings. The summed E-state index contributed by atoms with van der Waals surface area (Å²) in [5.74, 6) is 1.58. The van der Waals surface area contributed by atoms with Crippen LogP contribution < -0.4 is 0 Å². The van der Waals surface area contributed by atoms with E-state index in [0.717, 1.165) is 30.1 Å². The molecule has 0 aliphatic carbocycles. The second-order valence-electron chi connectivity index (χ2n) is 5.55. The first-order valence-electron chi connectivity index (χ1n) is 7.46. The van der Waals surface area contributed by atoms with E-state index in [2.05, 4.69) is 41.2 Å². The van der Waals surface area contributed by atoms with Crippen LogP contribution in [0.5, 0.6) is 0 Å². The van der Waals surface area contributed by atoms with Crippen LogP contribution in [0.3, 0.4) is 0 Å². The molecule has 0 aliphatic rings. The minimum absolute atomic E-state index is 0.696. The van der Waals surface area contributed by atoms with Gasteiger partial charge in [0.15, 0.2) is 0 Å². The van der Waals surface area contributed by atoms with Crippen molar-refractivity contribution in [3.05, 3.63) is 77.7 Å². The van der Waals surface area contributed by atoms with Crippen LogP contribution in [0.2, 0.25) is 0 Å². The summed E-state index contributed by atoms with van der Waals surface area (Å²) in [6.45, 7) is 3.65. The minimum atomic E-state index is 0.696. The van der Waals surface area contributed by atoms with Crippen molar-refractivity contribution < 1.29 is 4.42 Å². The van der Waals surface area contributed by atoms with Crippen molar-refractivity contribution in [3.63, 3.8) is 0 Å². The maximum atomic E-state index is 5.81. The average molecular weight is 292 g/mol. The van der Waals surface area contributed by atoms with Crippen LogP contribution in [-0.2, 0) is 13.1 Å². The van der Waals surface area contributed by atoms with E-state index in [0.29, 0.717) is 5.89 Å². The summed E-state index contributed by atoms with van der Waals surface area (Å²) < 4.78 is 5.81. The van der Waals surface area contributed by atoms with Crippen LogP contribution in [0.4, 0.5) is 0 Å². The first-order valence-corrected chi connectivity index (χ1v) is 7.46. The van der Waals surface area contributed by atoms with E-state index in [1.54, 1.807) is 0 Å². The van der Waals surface area contributed by atoms with Gasteiger partial charge in [-0.15, -0.1) is 0 Å². The van der Waals surface area contributed by atoms with Gasteiger partial charge in [-0.3, -0.25) is 4.90 Å². The number of hydrogen-bond acceptors (Lipinski definition) is 3. The maximum absolute atomic E-state index is 5.81. The van der Waals surface area contributed by atoms with Gasteiger partial charge in [0.05, 0.1) is 5.69 Å². The van der Waals surface area contributed by atoms with Gasteiger partial charge in [-0.1, -0.05) is 48.5 Å². The van der Waals surface area contributed by atoms with Crippen LogP contribution in [-0.4, -0.2) is 16.9 Å². The van der Waals surface area contributed by atoms with Crippen molar-refractivity contribution in [3.8, 4) is 11.5 Å². The molecule has 0 saturated heterocycles. The zero-order valence-corrected chi connectivity index (χ0v) is 13.0. The normalized spacial score (nSPS) is 11.0. The van der Waals surface area contributed by atoms with Crippen LogP contribution >= 0.6 is 0 Å². The molecule has 0 amide bonds. The molecular formula is C19H20N2O. The highest BCUT2D eigenvalue weighted by Crippen LogP contribution is 2.22. The molecule has 3 aromatic rings. The molecule has 0 unspecified atom stereocenters. The Bertz CT molecular complexity index is 720. The van der Waals surface area contributed by atoms with Gasteiger partial charge >= 0.3 is 0 Å². The lowest BCUT2D eigenvalue weighted by molar-refractivity contribution is 0.313. The monoisotopic (exact) mass is 292 g/mol. The summed E-state index contributed by atoms with van der Waals surface area (Å²) in [6, 6.07) is 20.5. The molecule has 22 heavy (non-hydrogen) atoms. The van der Waals surface area contributed by atoms with Gasteiger partial charge in [-0.05, 0) is 31.7 Å². The minimum Gasteiger partial charge on any atom is -0.441 e. The molecule has 0 saturated carbocycles. The first-order chi connectivity index (χ1) is 10.7. The molecule has 0 aliphatic heterocycles. The van der Waals surface area contributed by atoms with E-state index in [4.69, 9.17) is 4.42 Å². The van der Waals surface area contributed by atoms with Crippen molar-refractivity contribution in [1.82, 2.24) is 9.88 Å². The number of aryl methyl sites for hydroxylation is 1. The molecule has 1 heterocycles. The quantitative estimate of drug-likeness (QED) is 0.703. The number of aromatic nitrogens is 1. The Morgan fingerprint density at radius 2 is 1.55 bits per heavy atom. The van der Waals surface area contributed by atoms with Crippen molar-refractivity contribution in [2.24, 2.45) is 0 Å². The fourth-order valence-electron chi connectivity index (χ4n) is 2.49. The predicted octanol–water partition coefficient (Wildman–Crippen LogP) is 4.28. The summed E-state index contributed by atoms with van der Waals surface area (Å²) in [5, 5.41) is 0. The molecule has 112 valence electrons. The molecule has 0 atom stereocenters. The second kappa shape index (κ2) is 6.58. The van der Waals surface area contributed by atoms with Crippen LogP contribution in [0, 0.1) is 6.92 Å². The van der Waals surface area contributed by atoms with Crippen molar-refractivity contribution >= 4 is 0 Å². The zero-order chi connectivity index (χ0) is 15.4. The lowest BCUT2D eigenvalue weighted by Gasteiger charge is -2.15. The molecule has 0 bridgehead atoms. The highest BCUT2D eigenvalue weighted by atomic mass is 16.4. The second-order valence-corrected chi connectivity index (χ2v) is 5.55. The van der Waals surface area contributed by atoms with Gasteiger partial charge in [-0.25, -0.2) is 4.98 Å². The average Bonchev–Trinajstić information content (AvgIpc) is 2.90. The fourth-order valence-corrected chi connectivity index (χ4v) is 2.49. The van der Waals surface area contributed by atoms with Crippen LogP contribution in [0.25, 0.3) is 11.5 Å². The lowest BCUT2D eigenvalue weighted by Crippen LogP contribution is -2.17. The van der Waals surface area contributed by atoms with Crippen LogP contribution in [0.1, 0.15) is 17.0 Å². The van der Waals surface area contributed by atoms with Crippen LogP contribution in [0.15, 0.2) is 65.1 Å². The molecular weight excluding hydrogens is 272 g/mol. The van der Waals surface area contributed by atoms with Gasteiger partial charge in [0.1, 0.15) is 5.76 Å². The summed E-state index contributed by atoms with van der Waals surface area (Å²) >= 11 is 0. The smallest absolute Gasteiger partial charge is 0.226 e. The Morgan fingerprint density at radius 1 is 0.909 bits per heavy atom. The SMILES string of the molecule is Cc1oc(-c2ccccc2)nc1CN(C)Cc1ccccc1. The van der Waals surface area contributed by atoms with E-state index in [9.17, 15) is 0 Å². The van der Waals surface area contributed by atoms with Gasteiger partial charge in [0.25, 0.3) is 0 Å². The Labute approximate surface area is 131 Å². The van der Waals surface area contributed by atoms with Crippen molar-refractivity contribution in [1.29, 1.82) is 0 Å². The molecule has 0 spiro atoms. The summed E-state index contributed by atoms with van der Waals surface area (Å²) in [5.41, 5.74) is 3.31. The first kappa shape index (κ1) is 14.5. The topological polar surface area (TPSA) is 29.3 Å². The van der Waals surface area contributed by atoms with Gasteiger partial charge in [0.2, 0.25) is 5.89 Å². The van der Waals surface area contributed by atoms with E-state index < -0.39 is 0 Å². The number of hydrogen-bond donors (Lipinski definition) is 0. The van der Waals surface area contributed by atoms with Gasteiger partial charge in [-0.2, -0.15) is 0 Å². The predicted molar refractivity (Wildman–Crippen MR) is 88.3 cm³/mol. The fraction of sp³-hybridized carbons (Fsp3) is 0.211. The van der Waals surface area contributed by atoms with E-state index >= 15 is 0 Å². The molecule has 3 nitrogen and oxygen atoms in total. The maximum Gasteiger partial charge on any atom is 0.226 e. The Balaban J connectivity index is 1.72. The third-order valence-electron chi connectivity index (χ3n) is 3.63. The molecule has 3 heteroatoms. The standard InChI is InChI=1S/C19H20N2O/c1-15-18(14-21(2)13-16-9-5-3-6-10-16)20-19(22-15)17-11-7-4-8-12-17/h3-12H,13-14H2,1-2H3. The summed E-state index contributed by atoms with van der Waals surface area (Å²) in [4.78, 5) is 6.90. The summed E-state index contributed by atoms with van der Waals surface area (Å²) in [7, 11) is 2.10. The highest BCUT2D eigenvalue weighted by Gasteiger charge is 2.13. The Morgan fingerprint density at radius 3 is 2.23 bits per heavy atom. The largest absolute Gasteiger partial charge is 0.441 e.